The third kappa shape index (κ3) is 9.89. The number of aromatic nitrogens is 2. The van der Waals surface area contributed by atoms with Gasteiger partial charge in [-0.2, -0.15) is 5.10 Å². The number of nitrogens with zero attached hydrogens (tertiary/aromatic N) is 5. The molecule has 1 aliphatic rings. The lowest BCUT2D eigenvalue weighted by molar-refractivity contribution is -0.384. The van der Waals surface area contributed by atoms with Gasteiger partial charge in [-0.3, -0.25) is 19.8 Å². The van der Waals surface area contributed by atoms with E-state index in [1.165, 1.54) is 24.4 Å². The lowest BCUT2D eigenvalue weighted by Gasteiger charge is -2.37. The first-order valence-corrected chi connectivity index (χ1v) is 20.1. The number of carbonyl (C=O) groups excluding carboxylic acids is 1. The predicted molar refractivity (Wildman–Crippen MR) is 213 cm³/mol. The number of hydrogen-bond acceptors (Lipinski definition) is 13. The molecule has 286 valence electrons. The fourth-order valence-corrected chi connectivity index (χ4v) is 8.17. The minimum atomic E-state index is -4.61. The van der Waals surface area contributed by atoms with E-state index in [-0.39, 0.29) is 22.0 Å². The van der Waals surface area contributed by atoms with Crippen LogP contribution in [0, 0.1) is 10.1 Å². The SMILES string of the molecule is CCOc1ccc(-c2ccc(CN3CCN(c4cc(NCCSc5ccccc5)c([N+](=O)[O-])cc4S(=O)(=O)NC(=O)c4cccnn4)CC3)c(OC)c2)cc1. The average Bonchev–Trinajstić information content (AvgIpc) is 3.20. The van der Waals surface area contributed by atoms with Crippen molar-refractivity contribution in [2.45, 2.75) is 23.3 Å². The summed E-state index contributed by atoms with van der Waals surface area (Å²) < 4.78 is 41.1. The van der Waals surface area contributed by atoms with Crippen molar-refractivity contribution < 1.29 is 27.6 Å². The second-order valence-corrected chi connectivity index (χ2v) is 15.3. The summed E-state index contributed by atoms with van der Waals surface area (Å²) in [7, 11) is -2.96. The molecule has 0 unspecified atom stereocenters. The molecule has 1 aromatic heterocycles. The lowest BCUT2D eigenvalue weighted by atomic mass is 10.0. The van der Waals surface area contributed by atoms with Crippen LogP contribution in [0.15, 0.2) is 113 Å². The lowest BCUT2D eigenvalue weighted by Crippen LogP contribution is -2.46. The van der Waals surface area contributed by atoms with Crippen molar-refractivity contribution in [3.05, 3.63) is 125 Å². The van der Waals surface area contributed by atoms with Gasteiger partial charge in [-0.05, 0) is 66.6 Å². The monoisotopic (exact) mass is 783 g/mol. The summed E-state index contributed by atoms with van der Waals surface area (Å²) in [5.41, 5.74) is 2.80. The van der Waals surface area contributed by atoms with E-state index in [1.54, 1.807) is 18.9 Å². The number of amides is 1. The van der Waals surface area contributed by atoms with E-state index in [9.17, 15) is 23.3 Å². The molecule has 2 N–H and O–H groups in total. The van der Waals surface area contributed by atoms with E-state index < -0.39 is 26.5 Å². The molecule has 4 aromatic carbocycles. The molecule has 6 rings (SSSR count). The summed E-state index contributed by atoms with van der Waals surface area (Å²) >= 11 is 1.59. The number of rotatable bonds is 16. The van der Waals surface area contributed by atoms with Crippen molar-refractivity contribution in [2.75, 3.05) is 62.4 Å². The fourth-order valence-electron chi connectivity index (χ4n) is 6.19. The number of methoxy groups -OCH3 is 1. The zero-order chi connectivity index (χ0) is 38.8. The first-order valence-electron chi connectivity index (χ1n) is 17.6. The van der Waals surface area contributed by atoms with Gasteiger partial charge in [0.15, 0.2) is 5.69 Å². The van der Waals surface area contributed by atoms with E-state index in [0.717, 1.165) is 39.2 Å². The highest BCUT2D eigenvalue weighted by Gasteiger charge is 2.31. The highest BCUT2D eigenvalue weighted by atomic mass is 32.2. The van der Waals surface area contributed by atoms with Gasteiger partial charge in [0.25, 0.3) is 21.6 Å². The van der Waals surface area contributed by atoms with Crippen LogP contribution < -0.4 is 24.4 Å². The largest absolute Gasteiger partial charge is 0.496 e. The van der Waals surface area contributed by atoms with Crippen LogP contribution in [-0.2, 0) is 16.6 Å². The van der Waals surface area contributed by atoms with Gasteiger partial charge in [0.2, 0.25) is 0 Å². The summed E-state index contributed by atoms with van der Waals surface area (Å²) in [6.45, 7) is 5.45. The van der Waals surface area contributed by atoms with E-state index >= 15 is 0 Å². The third-order valence-corrected chi connectivity index (χ3v) is 11.3. The maximum atomic E-state index is 13.9. The highest BCUT2D eigenvalue weighted by Crippen LogP contribution is 2.37. The van der Waals surface area contributed by atoms with E-state index in [2.05, 4.69) is 26.5 Å². The summed E-state index contributed by atoms with van der Waals surface area (Å²) in [5, 5.41) is 22.8. The minimum absolute atomic E-state index is 0.174. The molecular formula is C39H41N7O7S2. The first kappa shape index (κ1) is 39.0. The smallest absolute Gasteiger partial charge is 0.293 e. The molecule has 0 saturated carbocycles. The molecule has 0 bridgehead atoms. The van der Waals surface area contributed by atoms with Gasteiger partial charge in [0, 0.05) is 67.7 Å². The van der Waals surface area contributed by atoms with Crippen molar-refractivity contribution in [2.24, 2.45) is 0 Å². The number of thioether (sulfide) groups is 1. The molecule has 14 nitrogen and oxygen atoms in total. The Balaban J connectivity index is 1.22. The molecule has 1 saturated heterocycles. The maximum Gasteiger partial charge on any atom is 0.293 e. The Morgan fingerprint density at radius 3 is 2.36 bits per heavy atom. The molecule has 0 spiro atoms. The van der Waals surface area contributed by atoms with Gasteiger partial charge in [0.05, 0.1) is 24.3 Å². The standard InChI is InChI=1S/C39H41N7O7S2/c1-3-53-31-15-13-28(14-16-31)29-11-12-30(37(24-29)52-2)27-44-19-21-45(22-20-44)36-25-34(40-18-23-54-32-8-5-4-6-9-32)35(46(48)49)26-38(36)55(50,51)43-39(47)33-10-7-17-41-42-33/h4-17,24-26,40H,3,18-23,27H2,1-2H3,(H,43,47). The number of carbonyl (C=O) groups is 1. The second kappa shape index (κ2) is 18.1. The Kier molecular flexibility index (Phi) is 12.8. The number of nitrogens with one attached hydrogen (secondary N) is 2. The third-order valence-electron chi connectivity index (χ3n) is 8.92. The predicted octanol–water partition coefficient (Wildman–Crippen LogP) is 6.10. The van der Waals surface area contributed by atoms with Gasteiger partial charge in [-0.1, -0.05) is 42.5 Å². The number of hydrogen-bond donors (Lipinski definition) is 2. The topological polar surface area (TPSA) is 169 Å². The molecule has 0 radical (unpaired) electrons. The van der Waals surface area contributed by atoms with Crippen LogP contribution in [0.4, 0.5) is 17.1 Å². The fraction of sp³-hybridized carbons (Fsp3) is 0.256. The van der Waals surface area contributed by atoms with Crippen molar-refractivity contribution >= 4 is 44.8 Å². The van der Waals surface area contributed by atoms with Gasteiger partial charge in [-0.15, -0.1) is 16.9 Å². The van der Waals surface area contributed by atoms with Gasteiger partial charge in [-0.25, -0.2) is 13.1 Å². The molecule has 1 aliphatic heterocycles. The van der Waals surface area contributed by atoms with Gasteiger partial charge < -0.3 is 19.7 Å². The van der Waals surface area contributed by atoms with E-state index in [0.29, 0.717) is 51.6 Å². The molecule has 55 heavy (non-hydrogen) atoms. The summed E-state index contributed by atoms with van der Waals surface area (Å²) in [6, 6.07) is 29.1. The van der Waals surface area contributed by atoms with Crippen LogP contribution >= 0.6 is 11.8 Å². The Hall–Kier alpha value is -5.71. The molecule has 1 fully saturated rings. The zero-order valence-electron chi connectivity index (χ0n) is 30.4. The second-order valence-electron chi connectivity index (χ2n) is 12.5. The zero-order valence-corrected chi connectivity index (χ0v) is 32.0. The number of piperazine rings is 1. The summed E-state index contributed by atoms with van der Waals surface area (Å²) in [4.78, 5) is 29.4. The van der Waals surface area contributed by atoms with Crippen LogP contribution in [-0.4, -0.2) is 86.5 Å². The number of nitro groups is 1. The summed E-state index contributed by atoms with van der Waals surface area (Å²) in [6.07, 6.45) is 1.35. The highest BCUT2D eigenvalue weighted by molar-refractivity contribution is 7.99. The quantitative estimate of drug-likeness (QED) is 0.0510. The molecule has 16 heteroatoms. The van der Waals surface area contributed by atoms with Crippen molar-refractivity contribution in [1.29, 1.82) is 0 Å². The van der Waals surface area contributed by atoms with Crippen LogP contribution in [0.3, 0.4) is 0 Å². The normalized spacial score (nSPS) is 13.2. The number of ether oxygens (including phenoxy) is 2. The first-order chi connectivity index (χ1) is 26.6. The van der Waals surface area contributed by atoms with Crippen LogP contribution in [0.2, 0.25) is 0 Å². The molecular weight excluding hydrogens is 743 g/mol. The Labute approximate surface area is 324 Å². The van der Waals surface area contributed by atoms with Crippen molar-refractivity contribution in [3.8, 4) is 22.6 Å². The molecule has 5 aromatic rings. The molecule has 2 heterocycles. The number of nitro benzene ring substituents is 1. The van der Waals surface area contributed by atoms with E-state index in [4.69, 9.17) is 9.47 Å². The van der Waals surface area contributed by atoms with E-state index in [1.807, 2.05) is 83.3 Å². The molecule has 0 atom stereocenters. The summed E-state index contributed by atoms with van der Waals surface area (Å²) in [5.74, 6) is 1.16. The maximum absolute atomic E-state index is 13.9. The molecule has 1 amide bonds. The minimum Gasteiger partial charge on any atom is -0.496 e. The number of benzene rings is 4. The van der Waals surface area contributed by atoms with Gasteiger partial charge in [0.1, 0.15) is 22.1 Å². The van der Waals surface area contributed by atoms with Gasteiger partial charge >= 0.3 is 0 Å². The van der Waals surface area contributed by atoms with Crippen LogP contribution in [0.1, 0.15) is 23.0 Å². The van der Waals surface area contributed by atoms with Crippen molar-refractivity contribution in [1.82, 2.24) is 19.8 Å². The van der Waals surface area contributed by atoms with Crippen LogP contribution in [0.25, 0.3) is 11.1 Å². The van der Waals surface area contributed by atoms with Crippen LogP contribution in [0.5, 0.6) is 11.5 Å². The number of anilines is 2. The Morgan fingerprint density at radius 1 is 0.945 bits per heavy atom. The Morgan fingerprint density at radius 2 is 1.69 bits per heavy atom. The number of sulfonamides is 1. The average molecular weight is 784 g/mol. The molecule has 0 aliphatic carbocycles. The van der Waals surface area contributed by atoms with Crippen molar-refractivity contribution in [3.63, 3.8) is 0 Å². The Bertz CT molecular complexity index is 2200.